The molecule has 0 saturated heterocycles. The summed E-state index contributed by atoms with van der Waals surface area (Å²) in [5, 5.41) is 7.58. The summed E-state index contributed by atoms with van der Waals surface area (Å²) in [7, 11) is 3.70. The van der Waals surface area contributed by atoms with Crippen LogP contribution in [0.15, 0.2) is 24.5 Å². The van der Waals surface area contributed by atoms with Gasteiger partial charge in [-0.25, -0.2) is 0 Å². The molecular weight excluding hydrogens is 138 g/mol. The highest BCUT2D eigenvalue weighted by molar-refractivity contribution is 5.95. The molecule has 0 bridgehead atoms. The third-order valence-electron chi connectivity index (χ3n) is 1.40. The standard InChI is InChI=1S/C8H11N3/c1-11(2)8(9)7-3-5-10-6-4-7/h3-6,9H,1-2H3. The van der Waals surface area contributed by atoms with Crippen LogP contribution in [0.4, 0.5) is 0 Å². The summed E-state index contributed by atoms with van der Waals surface area (Å²) in [6.07, 6.45) is 3.38. The number of pyridine rings is 1. The summed E-state index contributed by atoms with van der Waals surface area (Å²) in [6, 6.07) is 3.64. The van der Waals surface area contributed by atoms with Gasteiger partial charge in [0.05, 0.1) is 0 Å². The number of nitrogens with zero attached hydrogens (tertiary/aromatic N) is 2. The molecule has 0 atom stereocenters. The van der Waals surface area contributed by atoms with Crippen LogP contribution in [-0.4, -0.2) is 29.8 Å². The number of rotatable bonds is 1. The average Bonchev–Trinajstić information content (AvgIpc) is 2.05. The minimum atomic E-state index is 0.507. The number of nitrogens with one attached hydrogen (secondary N) is 1. The molecule has 0 aromatic carbocycles. The average molecular weight is 149 g/mol. The fourth-order valence-corrected chi connectivity index (χ4v) is 0.768. The first-order valence-electron chi connectivity index (χ1n) is 3.38. The Hall–Kier alpha value is -1.38. The van der Waals surface area contributed by atoms with E-state index < -0.39 is 0 Å². The quantitative estimate of drug-likeness (QED) is 0.477. The van der Waals surface area contributed by atoms with Gasteiger partial charge in [-0.05, 0) is 12.1 Å². The van der Waals surface area contributed by atoms with E-state index in [2.05, 4.69) is 4.98 Å². The van der Waals surface area contributed by atoms with Crippen molar-refractivity contribution in [3.05, 3.63) is 30.1 Å². The third kappa shape index (κ3) is 1.77. The van der Waals surface area contributed by atoms with E-state index in [1.54, 1.807) is 17.3 Å². The van der Waals surface area contributed by atoms with Crippen molar-refractivity contribution >= 4 is 5.84 Å². The lowest BCUT2D eigenvalue weighted by Crippen LogP contribution is -2.21. The van der Waals surface area contributed by atoms with Crippen LogP contribution in [0.5, 0.6) is 0 Å². The summed E-state index contributed by atoms with van der Waals surface area (Å²) < 4.78 is 0. The Bertz CT molecular complexity index is 241. The molecule has 0 fully saturated rings. The van der Waals surface area contributed by atoms with Gasteiger partial charge in [0.1, 0.15) is 5.84 Å². The van der Waals surface area contributed by atoms with Crippen LogP contribution in [0.1, 0.15) is 5.56 Å². The monoisotopic (exact) mass is 149 g/mol. The van der Waals surface area contributed by atoms with Gasteiger partial charge >= 0.3 is 0 Å². The number of aromatic nitrogens is 1. The molecule has 0 radical (unpaired) electrons. The smallest absolute Gasteiger partial charge is 0.127 e. The Morgan fingerprint density at radius 1 is 1.36 bits per heavy atom. The first kappa shape index (κ1) is 7.72. The highest BCUT2D eigenvalue weighted by Gasteiger charge is 2.00. The predicted molar refractivity (Wildman–Crippen MR) is 44.8 cm³/mol. The van der Waals surface area contributed by atoms with Gasteiger partial charge in [0.2, 0.25) is 0 Å². The van der Waals surface area contributed by atoms with Crippen LogP contribution in [0.3, 0.4) is 0 Å². The Kier molecular flexibility index (Phi) is 2.21. The van der Waals surface area contributed by atoms with E-state index in [-0.39, 0.29) is 0 Å². The van der Waals surface area contributed by atoms with Crippen molar-refractivity contribution in [2.45, 2.75) is 0 Å². The molecule has 0 unspecified atom stereocenters. The molecule has 0 saturated carbocycles. The molecule has 58 valence electrons. The van der Waals surface area contributed by atoms with Crippen molar-refractivity contribution < 1.29 is 0 Å². The van der Waals surface area contributed by atoms with E-state index >= 15 is 0 Å². The van der Waals surface area contributed by atoms with Crippen LogP contribution in [-0.2, 0) is 0 Å². The fraction of sp³-hybridized carbons (Fsp3) is 0.250. The second kappa shape index (κ2) is 3.14. The molecule has 0 spiro atoms. The van der Waals surface area contributed by atoms with Gasteiger partial charge in [0.25, 0.3) is 0 Å². The zero-order valence-corrected chi connectivity index (χ0v) is 6.70. The maximum absolute atomic E-state index is 7.58. The minimum Gasteiger partial charge on any atom is -0.363 e. The summed E-state index contributed by atoms with van der Waals surface area (Å²) in [5.41, 5.74) is 0.894. The zero-order chi connectivity index (χ0) is 8.27. The van der Waals surface area contributed by atoms with E-state index in [0.29, 0.717) is 5.84 Å². The largest absolute Gasteiger partial charge is 0.363 e. The summed E-state index contributed by atoms with van der Waals surface area (Å²) >= 11 is 0. The van der Waals surface area contributed by atoms with Crippen molar-refractivity contribution in [1.82, 2.24) is 9.88 Å². The lowest BCUT2D eigenvalue weighted by molar-refractivity contribution is 0.619. The van der Waals surface area contributed by atoms with Gasteiger partial charge in [-0.1, -0.05) is 0 Å². The van der Waals surface area contributed by atoms with Crippen LogP contribution in [0.2, 0.25) is 0 Å². The summed E-state index contributed by atoms with van der Waals surface area (Å²) in [4.78, 5) is 5.63. The molecule has 1 aromatic rings. The molecule has 0 aliphatic carbocycles. The highest BCUT2D eigenvalue weighted by atomic mass is 15.1. The topological polar surface area (TPSA) is 40.0 Å². The van der Waals surface area contributed by atoms with Gasteiger partial charge < -0.3 is 4.90 Å². The lowest BCUT2D eigenvalue weighted by Gasteiger charge is -2.12. The predicted octanol–water partition coefficient (Wildman–Crippen LogP) is 0.969. The van der Waals surface area contributed by atoms with Crippen LogP contribution < -0.4 is 0 Å². The molecule has 1 N–H and O–H groups in total. The van der Waals surface area contributed by atoms with E-state index in [0.717, 1.165) is 5.56 Å². The normalized spacial score (nSPS) is 9.27. The molecular formula is C8H11N3. The first-order chi connectivity index (χ1) is 5.22. The van der Waals surface area contributed by atoms with Crippen molar-refractivity contribution in [2.75, 3.05) is 14.1 Å². The minimum absolute atomic E-state index is 0.507. The van der Waals surface area contributed by atoms with Gasteiger partial charge in [-0.3, -0.25) is 10.4 Å². The van der Waals surface area contributed by atoms with Crippen LogP contribution in [0.25, 0.3) is 0 Å². The van der Waals surface area contributed by atoms with Crippen molar-refractivity contribution in [3.63, 3.8) is 0 Å². The molecule has 0 aliphatic rings. The van der Waals surface area contributed by atoms with Gasteiger partial charge in [-0.15, -0.1) is 0 Å². The van der Waals surface area contributed by atoms with E-state index in [1.165, 1.54) is 0 Å². The summed E-state index contributed by atoms with van der Waals surface area (Å²) in [5.74, 6) is 0.507. The lowest BCUT2D eigenvalue weighted by atomic mass is 10.2. The number of hydrogen-bond acceptors (Lipinski definition) is 2. The Morgan fingerprint density at radius 3 is 2.36 bits per heavy atom. The second-order valence-electron chi connectivity index (χ2n) is 2.48. The SMILES string of the molecule is CN(C)C(=N)c1ccncc1. The Balaban J connectivity index is 2.86. The van der Waals surface area contributed by atoms with Crippen molar-refractivity contribution in [1.29, 1.82) is 5.41 Å². The maximum atomic E-state index is 7.58. The van der Waals surface area contributed by atoms with Gasteiger partial charge in [0.15, 0.2) is 0 Å². The van der Waals surface area contributed by atoms with E-state index in [4.69, 9.17) is 5.41 Å². The Morgan fingerprint density at radius 2 is 1.91 bits per heavy atom. The molecule has 1 heterocycles. The fourth-order valence-electron chi connectivity index (χ4n) is 0.768. The van der Waals surface area contributed by atoms with Crippen molar-refractivity contribution in [3.8, 4) is 0 Å². The van der Waals surface area contributed by atoms with Gasteiger partial charge in [0, 0.05) is 32.1 Å². The van der Waals surface area contributed by atoms with Gasteiger partial charge in [-0.2, -0.15) is 0 Å². The van der Waals surface area contributed by atoms with Crippen LogP contribution in [0, 0.1) is 5.41 Å². The molecule has 1 rings (SSSR count). The van der Waals surface area contributed by atoms with Crippen LogP contribution >= 0.6 is 0 Å². The zero-order valence-electron chi connectivity index (χ0n) is 6.70. The third-order valence-corrected chi connectivity index (χ3v) is 1.40. The molecule has 1 aromatic heterocycles. The second-order valence-corrected chi connectivity index (χ2v) is 2.48. The first-order valence-corrected chi connectivity index (χ1v) is 3.38. The molecule has 11 heavy (non-hydrogen) atoms. The molecule has 0 amide bonds. The number of hydrogen-bond donors (Lipinski definition) is 1. The Labute approximate surface area is 66.2 Å². The molecule has 3 nitrogen and oxygen atoms in total. The summed E-state index contributed by atoms with van der Waals surface area (Å²) in [6.45, 7) is 0. The molecule has 0 aliphatic heterocycles. The maximum Gasteiger partial charge on any atom is 0.127 e. The number of amidine groups is 1. The van der Waals surface area contributed by atoms with Crippen molar-refractivity contribution in [2.24, 2.45) is 0 Å². The molecule has 3 heteroatoms. The van der Waals surface area contributed by atoms with E-state index in [9.17, 15) is 0 Å². The van der Waals surface area contributed by atoms with E-state index in [1.807, 2.05) is 26.2 Å². The highest BCUT2D eigenvalue weighted by Crippen LogP contribution is 1.98.